The second-order valence-corrected chi connectivity index (χ2v) is 8.08. The molecule has 0 aromatic heterocycles. The quantitative estimate of drug-likeness (QED) is 0.486. The standard InChI is InChI=1S/C20H16BrN3S2/c21-14-7-1-2-8-15(14)23-20(25)22-13-24-16-9-3-5-11-18(16)26-19-12-6-4-10-17(19)24/h1-12H,13H2,(H2,22,23,25). The molecule has 0 atom stereocenters. The van der Waals surface area contributed by atoms with E-state index in [1.165, 1.54) is 21.2 Å². The van der Waals surface area contributed by atoms with Gasteiger partial charge < -0.3 is 15.5 Å². The average Bonchev–Trinajstić information content (AvgIpc) is 2.67. The van der Waals surface area contributed by atoms with Crippen molar-refractivity contribution in [1.29, 1.82) is 0 Å². The Bertz CT molecular complexity index is 916. The number of nitrogens with one attached hydrogen (secondary N) is 2. The minimum absolute atomic E-state index is 0.588. The highest BCUT2D eigenvalue weighted by molar-refractivity contribution is 9.10. The van der Waals surface area contributed by atoms with E-state index in [1.54, 1.807) is 11.8 Å². The maximum atomic E-state index is 5.49. The molecule has 6 heteroatoms. The minimum Gasteiger partial charge on any atom is -0.345 e. The number of fused-ring (bicyclic) bond motifs is 2. The first-order valence-corrected chi connectivity index (χ1v) is 10.2. The topological polar surface area (TPSA) is 27.3 Å². The van der Waals surface area contributed by atoms with E-state index in [0.29, 0.717) is 11.8 Å². The fourth-order valence-corrected chi connectivity index (χ4v) is 4.49. The van der Waals surface area contributed by atoms with Gasteiger partial charge in [0.05, 0.1) is 23.7 Å². The Hall–Kier alpha value is -2.02. The van der Waals surface area contributed by atoms with Gasteiger partial charge in [-0.2, -0.15) is 0 Å². The van der Waals surface area contributed by atoms with Crippen LogP contribution in [0.5, 0.6) is 0 Å². The van der Waals surface area contributed by atoms with Gasteiger partial charge in [-0.3, -0.25) is 0 Å². The zero-order valence-corrected chi connectivity index (χ0v) is 17.0. The monoisotopic (exact) mass is 441 g/mol. The van der Waals surface area contributed by atoms with Crippen molar-refractivity contribution in [2.45, 2.75) is 9.79 Å². The molecule has 0 saturated carbocycles. The summed E-state index contributed by atoms with van der Waals surface area (Å²) in [5, 5.41) is 7.15. The van der Waals surface area contributed by atoms with E-state index in [1.807, 2.05) is 24.3 Å². The molecule has 0 spiro atoms. The lowest BCUT2D eigenvalue weighted by Gasteiger charge is -2.33. The van der Waals surface area contributed by atoms with Gasteiger partial charge in [0, 0.05) is 14.3 Å². The smallest absolute Gasteiger partial charge is 0.172 e. The van der Waals surface area contributed by atoms with Crippen molar-refractivity contribution >= 4 is 62.1 Å². The predicted molar refractivity (Wildman–Crippen MR) is 118 cm³/mol. The summed E-state index contributed by atoms with van der Waals surface area (Å²) in [7, 11) is 0. The first kappa shape index (κ1) is 17.4. The third-order valence-electron chi connectivity index (χ3n) is 4.05. The molecule has 2 N–H and O–H groups in total. The third kappa shape index (κ3) is 3.58. The molecule has 0 amide bonds. The summed E-state index contributed by atoms with van der Waals surface area (Å²) >= 11 is 10.8. The highest BCUT2D eigenvalue weighted by Crippen LogP contribution is 2.47. The first-order chi connectivity index (χ1) is 12.7. The van der Waals surface area contributed by atoms with Gasteiger partial charge in [-0.1, -0.05) is 48.2 Å². The Morgan fingerprint density at radius 1 is 0.885 bits per heavy atom. The highest BCUT2D eigenvalue weighted by atomic mass is 79.9. The van der Waals surface area contributed by atoms with Crippen LogP contribution in [0.4, 0.5) is 17.1 Å². The van der Waals surface area contributed by atoms with E-state index in [9.17, 15) is 0 Å². The molecule has 0 radical (unpaired) electrons. The highest BCUT2D eigenvalue weighted by Gasteiger charge is 2.22. The molecule has 26 heavy (non-hydrogen) atoms. The van der Waals surface area contributed by atoms with Crippen LogP contribution in [0.2, 0.25) is 0 Å². The van der Waals surface area contributed by atoms with E-state index in [2.05, 4.69) is 80.0 Å². The Morgan fingerprint density at radius 2 is 1.46 bits per heavy atom. The van der Waals surface area contributed by atoms with Crippen molar-refractivity contribution in [3.05, 3.63) is 77.3 Å². The molecule has 3 aromatic carbocycles. The second kappa shape index (κ2) is 7.70. The molecule has 0 fully saturated rings. The number of nitrogens with zero attached hydrogens (tertiary/aromatic N) is 1. The fourth-order valence-electron chi connectivity index (χ4n) is 2.83. The molecular weight excluding hydrogens is 426 g/mol. The molecule has 1 aliphatic heterocycles. The van der Waals surface area contributed by atoms with Gasteiger partial charge in [-0.25, -0.2) is 0 Å². The van der Waals surface area contributed by atoms with Crippen molar-refractivity contribution in [2.24, 2.45) is 0 Å². The number of hydrogen-bond donors (Lipinski definition) is 2. The van der Waals surface area contributed by atoms with Crippen LogP contribution >= 0.6 is 39.9 Å². The molecule has 3 nitrogen and oxygen atoms in total. The van der Waals surface area contributed by atoms with Crippen LogP contribution in [0.3, 0.4) is 0 Å². The third-order valence-corrected chi connectivity index (χ3v) is 6.12. The molecule has 4 rings (SSSR count). The van der Waals surface area contributed by atoms with Crippen LogP contribution in [0.1, 0.15) is 0 Å². The summed E-state index contributed by atoms with van der Waals surface area (Å²) in [5.41, 5.74) is 3.32. The van der Waals surface area contributed by atoms with Crippen molar-refractivity contribution in [1.82, 2.24) is 5.32 Å². The Labute approximate surface area is 170 Å². The molecule has 0 bridgehead atoms. The number of thiocarbonyl (C=S) groups is 1. The normalized spacial score (nSPS) is 12.1. The van der Waals surface area contributed by atoms with Gasteiger partial charge in [-0.15, -0.1) is 0 Å². The number of hydrogen-bond acceptors (Lipinski definition) is 3. The summed E-state index contributed by atoms with van der Waals surface area (Å²) in [6.07, 6.45) is 0. The summed E-state index contributed by atoms with van der Waals surface area (Å²) in [5.74, 6) is 0. The number of para-hydroxylation sites is 3. The molecule has 1 heterocycles. The van der Waals surface area contributed by atoms with E-state index in [4.69, 9.17) is 12.2 Å². The Kier molecular flexibility index (Phi) is 5.15. The summed E-state index contributed by atoms with van der Waals surface area (Å²) < 4.78 is 0.981. The van der Waals surface area contributed by atoms with E-state index in [-0.39, 0.29) is 0 Å². The molecule has 0 saturated heterocycles. The van der Waals surface area contributed by atoms with Crippen LogP contribution in [-0.2, 0) is 0 Å². The van der Waals surface area contributed by atoms with Crippen LogP contribution in [0, 0.1) is 0 Å². The first-order valence-electron chi connectivity index (χ1n) is 8.15. The van der Waals surface area contributed by atoms with Gasteiger partial charge in [-0.05, 0) is 64.5 Å². The van der Waals surface area contributed by atoms with Crippen LogP contribution in [0.15, 0.2) is 87.1 Å². The molecule has 0 aliphatic carbocycles. The van der Waals surface area contributed by atoms with Gasteiger partial charge in [0.2, 0.25) is 0 Å². The lowest BCUT2D eigenvalue weighted by molar-refractivity contribution is 0.865. The lowest BCUT2D eigenvalue weighted by Crippen LogP contribution is -2.38. The van der Waals surface area contributed by atoms with Gasteiger partial charge in [0.25, 0.3) is 0 Å². The summed E-state index contributed by atoms with van der Waals surface area (Å²) in [4.78, 5) is 4.75. The van der Waals surface area contributed by atoms with Crippen LogP contribution in [-0.4, -0.2) is 11.8 Å². The van der Waals surface area contributed by atoms with Crippen LogP contribution < -0.4 is 15.5 Å². The SMILES string of the molecule is S=C(NCN1c2ccccc2Sc2ccccc21)Nc1ccccc1Br. The molecule has 130 valence electrons. The Balaban J connectivity index is 1.53. The largest absolute Gasteiger partial charge is 0.345 e. The maximum absolute atomic E-state index is 5.49. The van der Waals surface area contributed by atoms with Gasteiger partial charge in [0.1, 0.15) is 0 Å². The predicted octanol–water partition coefficient (Wildman–Crippen LogP) is 6.00. The molecule has 1 aliphatic rings. The van der Waals surface area contributed by atoms with Gasteiger partial charge in [0.15, 0.2) is 5.11 Å². The Morgan fingerprint density at radius 3 is 2.12 bits per heavy atom. The summed E-state index contributed by atoms with van der Waals surface area (Å²) in [6, 6.07) is 24.8. The average molecular weight is 442 g/mol. The van der Waals surface area contributed by atoms with Crippen LogP contribution in [0.25, 0.3) is 0 Å². The van der Waals surface area contributed by atoms with Crippen molar-refractivity contribution < 1.29 is 0 Å². The number of halogens is 1. The number of rotatable bonds is 3. The minimum atomic E-state index is 0.588. The zero-order chi connectivity index (χ0) is 17.9. The zero-order valence-electron chi connectivity index (χ0n) is 13.8. The second-order valence-electron chi connectivity index (χ2n) is 5.73. The van der Waals surface area contributed by atoms with Gasteiger partial charge >= 0.3 is 0 Å². The molecular formula is C20H16BrN3S2. The van der Waals surface area contributed by atoms with Crippen molar-refractivity contribution in [3.8, 4) is 0 Å². The van der Waals surface area contributed by atoms with E-state index < -0.39 is 0 Å². The maximum Gasteiger partial charge on any atom is 0.172 e. The lowest BCUT2D eigenvalue weighted by atomic mass is 10.2. The van der Waals surface area contributed by atoms with E-state index in [0.717, 1.165) is 10.2 Å². The number of benzene rings is 3. The molecule has 3 aromatic rings. The van der Waals surface area contributed by atoms with E-state index >= 15 is 0 Å². The fraction of sp³-hybridized carbons (Fsp3) is 0.0500. The molecule has 0 unspecified atom stereocenters. The van der Waals surface area contributed by atoms with Crippen molar-refractivity contribution in [2.75, 3.05) is 16.9 Å². The number of anilines is 3. The summed E-state index contributed by atoms with van der Waals surface area (Å²) in [6.45, 7) is 0.588. The van der Waals surface area contributed by atoms with Crippen molar-refractivity contribution in [3.63, 3.8) is 0 Å².